The molecule has 0 saturated carbocycles. The van der Waals surface area contributed by atoms with Gasteiger partial charge in [0.05, 0.1) is 52.3 Å². The molecular weight excluding hydrogens is 442 g/mol. The summed E-state index contributed by atoms with van der Waals surface area (Å²) in [5.41, 5.74) is 0.901. The molecule has 0 aromatic heterocycles. The molecule has 0 aliphatic carbocycles. The number of carbonyl (C=O) groups is 2. The molecule has 0 unspecified atom stereocenters. The van der Waals surface area contributed by atoms with E-state index in [1.807, 2.05) is 6.92 Å². The van der Waals surface area contributed by atoms with Crippen molar-refractivity contribution in [1.29, 1.82) is 0 Å². The normalized spacial score (nSPS) is 17.2. The third kappa shape index (κ3) is 5.16. The fourth-order valence-electron chi connectivity index (χ4n) is 3.84. The molecule has 9 heteroatoms. The second kappa shape index (κ2) is 11.5. The summed E-state index contributed by atoms with van der Waals surface area (Å²) in [7, 11) is 3.00. The van der Waals surface area contributed by atoms with Gasteiger partial charge in [0, 0.05) is 12.1 Å². The lowest BCUT2D eigenvalue weighted by atomic mass is 9.95. The molecule has 1 aliphatic rings. The van der Waals surface area contributed by atoms with Gasteiger partial charge in [-0.3, -0.25) is 9.59 Å². The van der Waals surface area contributed by atoms with Gasteiger partial charge >= 0.3 is 0 Å². The number of methoxy groups -OCH3 is 2. The number of amides is 1. The van der Waals surface area contributed by atoms with Gasteiger partial charge in [0.25, 0.3) is 11.7 Å². The quantitative estimate of drug-likeness (QED) is 0.222. The van der Waals surface area contributed by atoms with E-state index in [4.69, 9.17) is 24.1 Å². The molecule has 182 valence electrons. The SMILES string of the molecule is CCOc1ccc(C(O)=C2C(=O)C(=O)N(CCOCCO)[C@@H]2c2ccc(OC)c(OC)c2)cc1. The van der Waals surface area contributed by atoms with Gasteiger partial charge in [-0.1, -0.05) is 6.07 Å². The minimum Gasteiger partial charge on any atom is -0.507 e. The van der Waals surface area contributed by atoms with Crippen molar-refractivity contribution in [3.8, 4) is 17.2 Å². The van der Waals surface area contributed by atoms with Crippen molar-refractivity contribution in [2.24, 2.45) is 0 Å². The second-order valence-corrected chi connectivity index (χ2v) is 7.40. The average molecular weight is 472 g/mol. The maximum atomic E-state index is 13.1. The van der Waals surface area contributed by atoms with Gasteiger partial charge in [-0.05, 0) is 48.9 Å². The number of hydrogen-bond donors (Lipinski definition) is 2. The number of Topliss-reactive ketones (excluding diaryl/α,β-unsaturated/α-hetero) is 1. The topological polar surface area (TPSA) is 115 Å². The standard InChI is InChI=1S/C25H29NO8/c1-4-34-18-8-5-16(6-9-18)23(28)21-22(17-7-10-19(31-2)20(15-17)32-3)26(25(30)24(21)29)11-13-33-14-12-27/h5-10,15,22,27-28H,4,11-14H2,1-3H3/t22-/m1/s1. The van der Waals surface area contributed by atoms with Gasteiger partial charge in [-0.25, -0.2) is 0 Å². The molecule has 2 N–H and O–H groups in total. The van der Waals surface area contributed by atoms with Crippen molar-refractivity contribution in [1.82, 2.24) is 4.90 Å². The number of aliphatic hydroxyl groups is 2. The fraction of sp³-hybridized carbons (Fsp3) is 0.360. The number of ether oxygens (including phenoxy) is 4. The lowest BCUT2D eigenvalue weighted by Crippen LogP contribution is -2.33. The van der Waals surface area contributed by atoms with E-state index in [2.05, 4.69) is 0 Å². The van der Waals surface area contributed by atoms with Crippen molar-refractivity contribution < 1.29 is 38.7 Å². The lowest BCUT2D eigenvalue weighted by Gasteiger charge is -2.26. The molecule has 2 aromatic carbocycles. The van der Waals surface area contributed by atoms with E-state index < -0.39 is 17.7 Å². The fourth-order valence-corrected chi connectivity index (χ4v) is 3.84. The van der Waals surface area contributed by atoms with E-state index in [1.165, 1.54) is 19.1 Å². The number of benzene rings is 2. The Morgan fingerprint density at radius 1 is 1.00 bits per heavy atom. The summed E-state index contributed by atoms with van der Waals surface area (Å²) in [4.78, 5) is 27.4. The highest BCUT2D eigenvalue weighted by Gasteiger charge is 2.46. The van der Waals surface area contributed by atoms with Crippen LogP contribution in [0.2, 0.25) is 0 Å². The van der Waals surface area contributed by atoms with Crippen molar-refractivity contribution >= 4 is 17.4 Å². The van der Waals surface area contributed by atoms with Crippen LogP contribution in [0.4, 0.5) is 0 Å². The Labute approximate surface area is 198 Å². The van der Waals surface area contributed by atoms with E-state index >= 15 is 0 Å². The molecule has 1 saturated heterocycles. The zero-order chi connectivity index (χ0) is 24.7. The molecule has 0 spiro atoms. The first-order valence-corrected chi connectivity index (χ1v) is 10.9. The highest BCUT2D eigenvalue weighted by Crippen LogP contribution is 2.41. The number of ketones is 1. The van der Waals surface area contributed by atoms with Gasteiger partial charge < -0.3 is 34.1 Å². The first-order chi connectivity index (χ1) is 16.5. The molecule has 0 radical (unpaired) electrons. The van der Waals surface area contributed by atoms with Crippen LogP contribution in [0.3, 0.4) is 0 Å². The molecule has 1 fully saturated rings. The minimum absolute atomic E-state index is 0.0384. The summed E-state index contributed by atoms with van der Waals surface area (Å²) in [6, 6.07) is 10.8. The molecule has 1 atom stereocenters. The van der Waals surface area contributed by atoms with Crippen LogP contribution in [0.15, 0.2) is 48.0 Å². The molecule has 34 heavy (non-hydrogen) atoms. The monoisotopic (exact) mass is 471 g/mol. The zero-order valence-electron chi connectivity index (χ0n) is 19.4. The molecule has 1 amide bonds. The number of aliphatic hydroxyl groups excluding tert-OH is 2. The molecule has 2 aromatic rings. The van der Waals surface area contributed by atoms with E-state index in [0.717, 1.165) is 0 Å². The van der Waals surface area contributed by atoms with Gasteiger partial charge in [0.2, 0.25) is 0 Å². The number of likely N-dealkylation sites (tertiary alicyclic amines) is 1. The Kier molecular flexibility index (Phi) is 8.50. The highest BCUT2D eigenvalue weighted by atomic mass is 16.5. The Balaban J connectivity index is 2.09. The van der Waals surface area contributed by atoms with Crippen LogP contribution in [0, 0.1) is 0 Å². The Bertz CT molecular complexity index is 1050. The predicted molar refractivity (Wildman–Crippen MR) is 124 cm³/mol. The Hall–Kier alpha value is -3.56. The van der Waals surface area contributed by atoms with Gasteiger partial charge in [0.15, 0.2) is 11.5 Å². The summed E-state index contributed by atoms with van der Waals surface area (Å²) in [6.45, 7) is 2.51. The average Bonchev–Trinajstić information content (AvgIpc) is 3.11. The molecule has 0 bridgehead atoms. The van der Waals surface area contributed by atoms with Crippen LogP contribution in [0.1, 0.15) is 24.1 Å². The van der Waals surface area contributed by atoms with Crippen molar-refractivity contribution in [2.45, 2.75) is 13.0 Å². The first-order valence-electron chi connectivity index (χ1n) is 10.9. The summed E-state index contributed by atoms with van der Waals surface area (Å²) in [6.07, 6.45) is 0. The third-order valence-corrected chi connectivity index (χ3v) is 5.41. The highest BCUT2D eigenvalue weighted by molar-refractivity contribution is 6.46. The van der Waals surface area contributed by atoms with Crippen molar-refractivity contribution in [3.05, 3.63) is 59.2 Å². The van der Waals surface area contributed by atoms with Gasteiger partial charge in [-0.15, -0.1) is 0 Å². The van der Waals surface area contributed by atoms with Crippen LogP contribution < -0.4 is 14.2 Å². The van der Waals surface area contributed by atoms with Crippen LogP contribution in [0.25, 0.3) is 5.76 Å². The second-order valence-electron chi connectivity index (χ2n) is 7.40. The summed E-state index contributed by atoms with van der Waals surface area (Å²) in [5.74, 6) is -0.311. The smallest absolute Gasteiger partial charge is 0.295 e. The summed E-state index contributed by atoms with van der Waals surface area (Å²) >= 11 is 0. The molecule has 9 nitrogen and oxygen atoms in total. The van der Waals surface area contributed by atoms with Crippen LogP contribution in [-0.2, 0) is 14.3 Å². The number of carbonyl (C=O) groups excluding carboxylic acids is 2. The maximum Gasteiger partial charge on any atom is 0.295 e. The Morgan fingerprint density at radius 3 is 2.32 bits per heavy atom. The van der Waals surface area contributed by atoms with E-state index in [-0.39, 0.29) is 37.7 Å². The van der Waals surface area contributed by atoms with Crippen LogP contribution >= 0.6 is 0 Å². The molecule has 3 rings (SSSR count). The Morgan fingerprint density at radius 2 is 1.71 bits per heavy atom. The van der Waals surface area contributed by atoms with E-state index in [1.54, 1.807) is 42.5 Å². The van der Waals surface area contributed by atoms with Crippen molar-refractivity contribution in [2.75, 3.05) is 47.2 Å². The maximum absolute atomic E-state index is 13.1. The van der Waals surface area contributed by atoms with Crippen LogP contribution in [0.5, 0.6) is 17.2 Å². The molecule has 1 heterocycles. The number of hydrogen-bond acceptors (Lipinski definition) is 8. The number of rotatable bonds is 11. The molecular formula is C25H29NO8. The van der Waals surface area contributed by atoms with E-state index in [9.17, 15) is 14.7 Å². The number of nitrogens with zero attached hydrogens (tertiary/aromatic N) is 1. The minimum atomic E-state index is -0.871. The zero-order valence-corrected chi connectivity index (χ0v) is 19.4. The predicted octanol–water partition coefficient (Wildman–Crippen LogP) is 2.53. The van der Waals surface area contributed by atoms with Gasteiger partial charge in [0.1, 0.15) is 11.5 Å². The largest absolute Gasteiger partial charge is 0.507 e. The third-order valence-electron chi connectivity index (χ3n) is 5.41. The summed E-state index contributed by atoms with van der Waals surface area (Å²) in [5, 5.41) is 20.1. The van der Waals surface area contributed by atoms with Crippen molar-refractivity contribution in [3.63, 3.8) is 0 Å². The van der Waals surface area contributed by atoms with Crippen LogP contribution in [-0.4, -0.2) is 74.0 Å². The van der Waals surface area contributed by atoms with E-state index in [0.29, 0.717) is 35.0 Å². The first kappa shape index (κ1) is 25.1. The summed E-state index contributed by atoms with van der Waals surface area (Å²) < 4.78 is 21.5. The molecule has 1 aliphatic heterocycles. The van der Waals surface area contributed by atoms with Gasteiger partial charge in [-0.2, -0.15) is 0 Å². The lowest BCUT2D eigenvalue weighted by molar-refractivity contribution is -0.140.